The van der Waals surface area contributed by atoms with Gasteiger partial charge in [0.2, 0.25) is 0 Å². The van der Waals surface area contributed by atoms with Gasteiger partial charge in [-0.05, 0) is 51.5 Å². The third-order valence-electron chi connectivity index (χ3n) is 4.91. The molecule has 0 radical (unpaired) electrons. The van der Waals surface area contributed by atoms with Crippen LogP contribution in [-0.4, -0.2) is 38.3 Å². The number of benzene rings is 1. The molecule has 7 heteroatoms. The van der Waals surface area contributed by atoms with Gasteiger partial charge in [0, 0.05) is 0 Å². The molecule has 0 aliphatic heterocycles. The fraction of sp³-hybridized carbons (Fsp3) is 0.680. The maximum atomic E-state index is 12.4. The van der Waals surface area contributed by atoms with Gasteiger partial charge in [0.25, 0.3) is 0 Å². The van der Waals surface area contributed by atoms with Crippen molar-refractivity contribution in [3.05, 3.63) is 29.8 Å². The Bertz CT molecular complexity index is 791. The molecule has 1 aromatic rings. The largest absolute Gasteiger partial charge is 0.462 e. The minimum absolute atomic E-state index is 0.0328. The smallest absolute Gasteiger partial charge is 0.338 e. The Hall–Kier alpha value is -1.89. The summed E-state index contributed by atoms with van der Waals surface area (Å²) < 4.78 is 35.1. The summed E-state index contributed by atoms with van der Waals surface area (Å²) in [6.45, 7) is 7.60. The zero-order valence-electron chi connectivity index (χ0n) is 20.2. The van der Waals surface area contributed by atoms with Crippen LogP contribution < -0.4 is 0 Å². The Labute approximate surface area is 194 Å². The van der Waals surface area contributed by atoms with Gasteiger partial charge in [0.15, 0.2) is 15.6 Å². The van der Waals surface area contributed by atoms with Crippen molar-refractivity contribution in [2.45, 2.75) is 102 Å². The summed E-state index contributed by atoms with van der Waals surface area (Å²) in [4.78, 5) is 24.0. The number of ether oxygens (including phenoxy) is 2. The highest BCUT2D eigenvalue weighted by molar-refractivity contribution is 7.92. The molecule has 0 fully saturated rings. The molecule has 0 atom stereocenters. The van der Waals surface area contributed by atoms with Crippen molar-refractivity contribution >= 4 is 21.8 Å². The summed E-state index contributed by atoms with van der Waals surface area (Å²) in [6, 6.07) is 5.44. The molecule has 1 aromatic carbocycles. The molecule has 1 rings (SSSR count). The second kappa shape index (κ2) is 14.3. The van der Waals surface area contributed by atoms with Crippen LogP contribution in [0.1, 0.15) is 102 Å². The van der Waals surface area contributed by atoms with Gasteiger partial charge in [-0.3, -0.25) is 4.79 Å². The molecule has 0 aliphatic carbocycles. The normalized spacial score (nSPS) is 11.9. The first-order chi connectivity index (χ1) is 15.0. The van der Waals surface area contributed by atoms with E-state index in [1.807, 2.05) is 0 Å². The van der Waals surface area contributed by atoms with E-state index in [2.05, 4.69) is 6.92 Å². The van der Waals surface area contributed by atoms with E-state index in [4.69, 9.17) is 9.47 Å². The first-order valence-corrected chi connectivity index (χ1v) is 13.4. The van der Waals surface area contributed by atoms with E-state index in [0.717, 1.165) is 19.3 Å². The van der Waals surface area contributed by atoms with Crippen molar-refractivity contribution in [3.63, 3.8) is 0 Å². The third kappa shape index (κ3) is 12.2. The van der Waals surface area contributed by atoms with Crippen LogP contribution in [0.25, 0.3) is 0 Å². The predicted octanol–water partition coefficient (Wildman–Crippen LogP) is 5.88. The third-order valence-corrected chi connectivity index (χ3v) is 6.51. The average Bonchev–Trinajstić information content (AvgIpc) is 2.70. The van der Waals surface area contributed by atoms with Gasteiger partial charge in [-0.25, -0.2) is 13.2 Å². The molecule has 0 aliphatic rings. The van der Waals surface area contributed by atoms with Crippen molar-refractivity contribution in [1.29, 1.82) is 0 Å². The molecule has 6 nitrogen and oxygen atoms in total. The van der Waals surface area contributed by atoms with Gasteiger partial charge < -0.3 is 9.47 Å². The number of sulfone groups is 1. The van der Waals surface area contributed by atoms with Gasteiger partial charge in [0.1, 0.15) is 5.60 Å². The molecular weight excluding hydrogens is 428 g/mol. The molecule has 0 N–H and O–H groups in total. The Balaban J connectivity index is 2.32. The van der Waals surface area contributed by atoms with E-state index in [-0.39, 0.29) is 10.5 Å². The van der Waals surface area contributed by atoms with Crippen LogP contribution in [0.5, 0.6) is 0 Å². The Morgan fingerprint density at radius 2 is 1.31 bits per heavy atom. The Morgan fingerprint density at radius 1 is 0.812 bits per heavy atom. The van der Waals surface area contributed by atoms with Gasteiger partial charge in [0.05, 0.1) is 17.1 Å². The molecule has 0 spiro atoms. The quantitative estimate of drug-likeness (QED) is 0.236. The minimum atomic E-state index is -3.84. The molecule has 0 heterocycles. The lowest BCUT2D eigenvalue weighted by Crippen LogP contribution is -2.28. The summed E-state index contributed by atoms with van der Waals surface area (Å²) in [5.74, 6) is -2.03. The first kappa shape index (κ1) is 28.1. The summed E-state index contributed by atoms with van der Waals surface area (Å²) in [5.41, 5.74) is -0.470. The van der Waals surface area contributed by atoms with Crippen LogP contribution in [0.3, 0.4) is 0 Å². The van der Waals surface area contributed by atoms with Gasteiger partial charge >= 0.3 is 11.9 Å². The van der Waals surface area contributed by atoms with Crippen molar-refractivity contribution in [1.82, 2.24) is 0 Å². The predicted molar refractivity (Wildman–Crippen MR) is 126 cm³/mol. The van der Waals surface area contributed by atoms with Gasteiger partial charge in [-0.2, -0.15) is 0 Å². The van der Waals surface area contributed by atoms with E-state index in [1.165, 1.54) is 69.2 Å². The maximum Gasteiger partial charge on any atom is 0.338 e. The van der Waals surface area contributed by atoms with Crippen LogP contribution in [0.2, 0.25) is 0 Å². The Kier molecular flexibility index (Phi) is 12.6. The minimum Gasteiger partial charge on any atom is -0.462 e. The first-order valence-electron chi connectivity index (χ1n) is 11.8. The zero-order valence-corrected chi connectivity index (χ0v) is 21.0. The maximum absolute atomic E-state index is 12.4. The van der Waals surface area contributed by atoms with Crippen LogP contribution in [-0.2, 0) is 24.1 Å². The molecule has 0 saturated heterocycles. The second-order valence-corrected chi connectivity index (χ2v) is 11.2. The lowest BCUT2D eigenvalue weighted by atomic mass is 10.1. The molecule has 0 amide bonds. The van der Waals surface area contributed by atoms with Crippen LogP contribution in [0, 0.1) is 0 Å². The van der Waals surface area contributed by atoms with E-state index < -0.39 is 33.1 Å². The molecule has 0 aromatic heterocycles. The number of esters is 2. The molecule has 0 saturated carbocycles. The second-order valence-electron chi connectivity index (χ2n) is 9.19. The van der Waals surface area contributed by atoms with Crippen molar-refractivity contribution in [3.8, 4) is 0 Å². The van der Waals surface area contributed by atoms with E-state index in [9.17, 15) is 18.0 Å². The Morgan fingerprint density at radius 3 is 1.81 bits per heavy atom. The summed E-state index contributed by atoms with van der Waals surface area (Å²) in [5, 5.41) is 0. The fourth-order valence-electron chi connectivity index (χ4n) is 3.25. The average molecular weight is 469 g/mol. The van der Waals surface area contributed by atoms with E-state index in [0.29, 0.717) is 6.61 Å². The summed E-state index contributed by atoms with van der Waals surface area (Å²) in [7, 11) is -3.84. The highest BCUT2D eigenvalue weighted by atomic mass is 32.2. The monoisotopic (exact) mass is 468 g/mol. The highest BCUT2D eigenvalue weighted by Gasteiger charge is 2.24. The highest BCUT2D eigenvalue weighted by Crippen LogP contribution is 2.16. The van der Waals surface area contributed by atoms with Gasteiger partial charge in [-0.1, -0.05) is 64.7 Å². The number of hydrogen-bond acceptors (Lipinski definition) is 6. The van der Waals surface area contributed by atoms with E-state index >= 15 is 0 Å². The number of hydrogen-bond donors (Lipinski definition) is 0. The number of unbranched alkanes of at least 4 members (excludes halogenated alkanes) is 9. The van der Waals surface area contributed by atoms with Crippen molar-refractivity contribution < 1.29 is 27.5 Å². The molecule has 0 unspecified atom stereocenters. The SMILES string of the molecule is CCCCCCCCCCCCOC(=O)c1ccc(S(=O)(=O)CC(=O)OC(C)(C)C)cc1. The van der Waals surface area contributed by atoms with E-state index in [1.54, 1.807) is 20.8 Å². The fourth-order valence-corrected chi connectivity index (χ4v) is 4.33. The van der Waals surface area contributed by atoms with Crippen molar-refractivity contribution in [2.24, 2.45) is 0 Å². The molecular formula is C25H40O6S. The molecule has 0 bridgehead atoms. The van der Waals surface area contributed by atoms with Crippen molar-refractivity contribution in [2.75, 3.05) is 12.4 Å². The summed E-state index contributed by atoms with van der Waals surface area (Å²) in [6.07, 6.45) is 12.1. The molecule has 32 heavy (non-hydrogen) atoms. The standard InChI is InChI=1S/C25H40O6S/c1-5-6-7-8-9-10-11-12-13-14-19-30-24(27)21-15-17-22(18-16-21)32(28,29)20-23(26)31-25(2,3)4/h15-18H,5-14,19-20H2,1-4H3. The number of carbonyl (C=O) groups is 2. The topological polar surface area (TPSA) is 86.7 Å². The molecule has 182 valence electrons. The lowest BCUT2D eigenvalue weighted by Gasteiger charge is -2.19. The van der Waals surface area contributed by atoms with Crippen LogP contribution in [0.15, 0.2) is 29.2 Å². The number of rotatable bonds is 15. The van der Waals surface area contributed by atoms with Crippen LogP contribution >= 0.6 is 0 Å². The van der Waals surface area contributed by atoms with Crippen LogP contribution in [0.4, 0.5) is 0 Å². The summed E-state index contributed by atoms with van der Waals surface area (Å²) >= 11 is 0. The zero-order chi connectivity index (χ0) is 24.0. The van der Waals surface area contributed by atoms with Gasteiger partial charge in [-0.15, -0.1) is 0 Å². The number of carbonyl (C=O) groups excluding carboxylic acids is 2. The lowest BCUT2D eigenvalue weighted by molar-refractivity contribution is -0.151.